The standard InChI is InChI=1S/C11H9F2N3O2/c1-14-10-8(12)2-6(3-9(10)13)11(17)16-7-4-15-18-5-7/h2-5,14H,1H3,(H,16,17). The predicted molar refractivity (Wildman–Crippen MR) is 60.4 cm³/mol. The van der Waals surface area contributed by atoms with Gasteiger partial charge in [0.2, 0.25) is 0 Å². The van der Waals surface area contributed by atoms with Gasteiger partial charge in [0.1, 0.15) is 29.3 Å². The molecule has 2 aromatic rings. The highest BCUT2D eigenvalue weighted by atomic mass is 19.1. The van der Waals surface area contributed by atoms with Crippen molar-refractivity contribution < 1.29 is 18.1 Å². The highest BCUT2D eigenvalue weighted by molar-refractivity contribution is 6.04. The number of hydrogen-bond donors (Lipinski definition) is 2. The number of carbonyl (C=O) groups excluding carboxylic acids is 1. The zero-order valence-corrected chi connectivity index (χ0v) is 9.33. The fourth-order valence-corrected chi connectivity index (χ4v) is 1.41. The SMILES string of the molecule is CNc1c(F)cc(C(=O)Nc2cnoc2)cc1F. The van der Waals surface area contributed by atoms with E-state index >= 15 is 0 Å². The molecule has 7 heteroatoms. The first-order valence-corrected chi connectivity index (χ1v) is 4.99. The summed E-state index contributed by atoms with van der Waals surface area (Å²) >= 11 is 0. The van der Waals surface area contributed by atoms with Crippen LogP contribution in [0, 0.1) is 11.6 Å². The van der Waals surface area contributed by atoms with Crippen LogP contribution in [0.2, 0.25) is 0 Å². The van der Waals surface area contributed by atoms with E-state index in [1.165, 1.54) is 19.5 Å². The van der Waals surface area contributed by atoms with E-state index in [0.29, 0.717) is 5.69 Å². The van der Waals surface area contributed by atoms with Crippen molar-refractivity contribution in [2.45, 2.75) is 0 Å². The second-order valence-corrected chi connectivity index (χ2v) is 3.43. The first-order chi connectivity index (χ1) is 8.61. The number of carbonyl (C=O) groups is 1. The van der Waals surface area contributed by atoms with Crippen LogP contribution in [0.25, 0.3) is 0 Å². The summed E-state index contributed by atoms with van der Waals surface area (Å²) in [7, 11) is 1.39. The number of rotatable bonds is 3. The van der Waals surface area contributed by atoms with Gasteiger partial charge in [-0.3, -0.25) is 4.79 Å². The molecule has 0 fully saturated rings. The minimum atomic E-state index is -0.840. The third-order valence-corrected chi connectivity index (χ3v) is 2.24. The minimum absolute atomic E-state index is 0.134. The van der Waals surface area contributed by atoms with E-state index in [1.54, 1.807) is 0 Å². The number of benzene rings is 1. The summed E-state index contributed by atoms with van der Waals surface area (Å²) in [5, 5.41) is 8.13. The third-order valence-electron chi connectivity index (χ3n) is 2.24. The van der Waals surface area contributed by atoms with Crippen molar-refractivity contribution in [3.05, 3.63) is 41.8 Å². The van der Waals surface area contributed by atoms with Gasteiger partial charge in [-0.1, -0.05) is 5.16 Å². The van der Waals surface area contributed by atoms with Crippen molar-refractivity contribution in [1.29, 1.82) is 0 Å². The smallest absolute Gasteiger partial charge is 0.256 e. The molecule has 0 radical (unpaired) electrons. The molecule has 0 aliphatic carbocycles. The number of nitrogens with one attached hydrogen (secondary N) is 2. The third kappa shape index (κ3) is 2.29. The van der Waals surface area contributed by atoms with Gasteiger partial charge in [0.25, 0.3) is 5.91 Å². The maximum absolute atomic E-state index is 13.4. The molecule has 2 rings (SSSR count). The summed E-state index contributed by atoms with van der Waals surface area (Å²) in [6.45, 7) is 0. The van der Waals surface area contributed by atoms with Gasteiger partial charge in [-0.2, -0.15) is 0 Å². The summed E-state index contributed by atoms with van der Waals surface area (Å²) < 4.78 is 31.4. The average Bonchev–Trinajstić information content (AvgIpc) is 2.81. The lowest BCUT2D eigenvalue weighted by Gasteiger charge is -2.07. The molecule has 2 N–H and O–H groups in total. The summed E-state index contributed by atoms with van der Waals surface area (Å²) in [6, 6.07) is 1.88. The molecular weight excluding hydrogens is 244 g/mol. The van der Waals surface area contributed by atoms with Crippen LogP contribution in [0.3, 0.4) is 0 Å². The summed E-state index contributed by atoms with van der Waals surface area (Å²) in [5.74, 6) is -2.33. The molecule has 0 unspecified atom stereocenters. The first-order valence-electron chi connectivity index (χ1n) is 4.99. The summed E-state index contributed by atoms with van der Waals surface area (Å²) in [5.41, 5.74) is -0.111. The van der Waals surface area contributed by atoms with Crippen molar-refractivity contribution in [1.82, 2.24) is 5.16 Å². The Bertz CT molecular complexity index is 547. The molecule has 0 spiro atoms. The maximum atomic E-state index is 13.4. The Hall–Kier alpha value is -2.44. The Labute approximate surface area is 101 Å². The van der Waals surface area contributed by atoms with Crippen molar-refractivity contribution in [3.63, 3.8) is 0 Å². The van der Waals surface area contributed by atoms with Crippen molar-refractivity contribution in [2.24, 2.45) is 0 Å². The molecule has 0 aliphatic rings. The monoisotopic (exact) mass is 253 g/mol. The van der Waals surface area contributed by atoms with E-state index in [0.717, 1.165) is 12.1 Å². The van der Waals surface area contributed by atoms with Gasteiger partial charge in [0.05, 0.1) is 6.20 Å². The van der Waals surface area contributed by atoms with Crippen LogP contribution in [0.1, 0.15) is 10.4 Å². The molecule has 1 amide bonds. The lowest BCUT2D eigenvalue weighted by molar-refractivity contribution is 0.102. The lowest BCUT2D eigenvalue weighted by Crippen LogP contribution is -2.12. The molecular formula is C11H9F2N3O2. The van der Waals surface area contributed by atoms with E-state index in [2.05, 4.69) is 20.3 Å². The van der Waals surface area contributed by atoms with Crippen LogP contribution in [0.5, 0.6) is 0 Å². The zero-order valence-electron chi connectivity index (χ0n) is 9.33. The molecule has 5 nitrogen and oxygen atoms in total. The van der Waals surface area contributed by atoms with Gasteiger partial charge in [-0.05, 0) is 12.1 Å². The molecule has 0 saturated carbocycles. The Morgan fingerprint density at radius 2 is 2.00 bits per heavy atom. The lowest BCUT2D eigenvalue weighted by atomic mass is 10.1. The molecule has 1 aromatic carbocycles. The summed E-state index contributed by atoms with van der Waals surface area (Å²) in [6.07, 6.45) is 2.47. The first kappa shape index (κ1) is 12.0. The molecule has 1 heterocycles. The van der Waals surface area contributed by atoms with Gasteiger partial charge in [-0.25, -0.2) is 8.78 Å². The quantitative estimate of drug-likeness (QED) is 0.880. The molecule has 0 atom stereocenters. The second kappa shape index (κ2) is 4.82. The number of hydrogen-bond acceptors (Lipinski definition) is 4. The second-order valence-electron chi connectivity index (χ2n) is 3.43. The Kier molecular flexibility index (Phi) is 3.22. The zero-order chi connectivity index (χ0) is 13.1. The van der Waals surface area contributed by atoms with Crippen LogP contribution in [0.4, 0.5) is 20.2 Å². The van der Waals surface area contributed by atoms with E-state index in [9.17, 15) is 13.6 Å². The number of anilines is 2. The van der Waals surface area contributed by atoms with Gasteiger partial charge in [0, 0.05) is 12.6 Å². The molecule has 18 heavy (non-hydrogen) atoms. The summed E-state index contributed by atoms with van der Waals surface area (Å²) in [4.78, 5) is 11.7. The van der Waals surface area contributed by atoms with Crippen LogP contribution in [0.15, 0.2) is 29.1 Å². The van der Waals surface area contributed by atoms with Crippen molar-refractivity contribution in [2.75, 3.05) is 17.7 Å². The van der Waals surface area contributed by atoms with Gasteiger partial charge < -0.3 is 15.2 Å². The van der Waals surface area contributed by atoms with Crippen molar-refractivity contribution >= 4 is 17.3 Å². The number of aromatic nitrogens is 1. The van der Waals surface area contributed by atoms with E-state index in [-0.39, 0.29) is 11.3 Å². The molecule has 0 aliphatic heterocycles. The normalized spacial score (nSPS) is 10.2. The fraction of sp³-hybridized carbons (Fsp3) is 0.0909. The molecule has 0 bridgehead atoms. The van der Waals surface area contributed by atoms with E-state index in [1.807, 2.05) is 0 Å². The highest BCUT2D eigenvalue weighted by Gasteiger charge is 2.14. The van der Waals surface area contributed by atoms with Crippen LogP contribution >= 0.6 is 0 Å². The van der Waals surface area contributed by atoms with E-state index in [4.69, 9.17) is 0 Å². The number of amides is 1. The predicted octanol–water partition coefficient (Wildman–Crippen LogP) is 2.25. The molecule has 1 aromatic heterocycles. The minimum Gasteiger partial charge on any atom is -0.383 e. The van der Waals surface area contributed by atoms with Gasteiger partial charge in [-0.15, -0.1) is 0 Å². The fourth-order valence-electron chi connectivity index (χ4n) is 1.41. The van der Waals surface area contributed by atoms with Gasteiger partial charge in [0.15, 0.2) is 0 Å². The topological polar surface area (TPSA) is 67.2 Å². The molecule has 94 valence electrons. The van der Waals surface area contributed by atoms with Crippen LogP contribution in [-0.2, 0) is 0 Å². The van der Waals surface area contributed by atoms with E-state index < -0.39 is 17.5 Å². The maximum Gasteiger partial charge on any atom is 0.256 e. The Morgan fingerprint density at radius 3 is 2.50 bits per heavy atom. The number of nitrogens with zero attached hydrogens (tertiary/aromatic N) is 1. The Balaban J connectivity index is 2.26. The number of halogens is 2. The van der Waals surface area contributed by atoms with Crippen molar-refractivity contribution in [3.8, 4) is 0 Å². The Morgan fingerprint density at radius 1 is 1.33 bits per heavy atom. The largest absolute Gasteiger partial charge is 0.383 e. The molecule has 0 saturated heterocycles. The highest BCUT2D eigenvalue weighted by Crippen LogP contribution is 2.20. The van der Waals surface area contributed by atoms with Crippen LogP contribution in [-0.4, -0.2) is 18.1 Å². The average molecular weight is 253 g/mol. The van der Waals surface area contributed by atoms with Crippen LogP contribution < -0.4 is 10.6 Å². The van der Waals surface area contributed by atoms with Gasteiger partial charge >= 0.3 is 0 Å².